The minimum Gasteiger partial charge on any atom is -0.368 e. The minimum absolute atomic E-state index is 0.0647. The van der Waals surface area contributed by atoms with Crippen LogP contribution in [-0.2, 0) is 13.2 Å². The lowest BCUT2D eigenvalue weighted by atomic mass is 10.3. The summed E-state index contributed by atoms with van der Waals surface area (Å²) in [7, 11) is 1.53. The van der Waals surface area contributed by atoms with Gasteiger partial charge in [-0.25, -0.2) is 9.97 Å². The molecule has 0 saturated heterocycles. The minimum atomic E-state index is -4.58. The molecule has 0 atom stereocenters. The molecule has 80 valence electrons. The van der Waals surface area contributed by atoms with E-state index in [9.17, 15) is 13.2 Å². The van der Waals surface area contributed by atoms with E-state index >= 15 is 0 Å². The van der Waals surface area contributed by atoms with Crippen LogP contribution in [0.15, 0.2) is 6.33 Å². The number of aryl methyl sites for hydroxylation is 1. The van der Waals surface area contributed by atoms with Gasteiger partial charge in [-0.05, 0) is 0 Å². The van der Waals surface area contributed by atoms with E-state index in [2.05, 4.69) is 15.0 Å². The topological polar surface area (TPSA) is 69.6 Å². The van der Waals surface area contributed by atoms with E-state index in [1.54, 1.807) is 0 Å². The highest BCUT2D eigenvalue weighted by Gasteiger charge is 2.36. The van der Waals surface area contributed by atoms with Crippen molar-refractivity contribution in [2.24, 2.45) is 7.05 Å². The zero-order chi connectivity index (χ0) is 11.2. The van der Waals surface area contributed by atoms with Crippen LogP contribution in [0.5, 0.6) is 0 Å². The first-order chi connectivity index (χ1) is 6.89. The van der Waals surface area contributed by atoms with Gasteiger partial charge in [-0.1, -0.05) is 0 Å². The fourth-order valence-electron chi connectivity index (χ4n) is 1.22. The van der Waals surface area contributed by atoms with Gasteiger partial charge in [0.1, 0.15) is 5.52 Å². The summed E-state index contributed by atoms with van der Waals surface area (Å²) in [6, 6.07) is 0. The molecule has 0 fully saturated rings. The first kappa shape index (κ1) is 9.69. The second-order valence-electron chi connectivity index (χ2n) is 2.96. The quantitative estimate of drug-likeness (QED) is 0.713. The molecule has 0 radical (unpaired) electrons. The van der Waals surface area contributed by atoms with Gasteiger partial charge < -0.3 is 10.3 Å². The largest absolute Gasteiger partial charge is 0.435 e. The summed E-state index contributed by atoms with van der Waals surface area (Å²) in [5.41, 5.74) is 3.85. The van der Waals surface area contributed by atoms with Crippen molar-refractivity contribution < 1.29 is 13.2 Å². The zero-order valence-corrected chi connectivity index (χ0v) is 7.58. The summed E-state index contributed by atoms with van der Waals surface area (Å²) in [5, 5.41) is 0. The Morgan fingerprint density at radius 1 is 1.33 bits per heavy atom. The summed E-state index contributed by atoms with van der Waals surface area (Å²) in [6.07, 6.45) is -3.35. The summed E-state index contributed by atoms with van der Waals surface area (Å²) in [4.78, 5) is 10.4. The number of hydrogen-bond acceptors (Lipinski definition) is 4. The molecule has 2 heterocycles. The van der Waals surface area contributed by atoms with Crippen LogP contribution >= 0.6 is 0 Å². The first-order valence-corrected chi connectivity index (χ1v) is 3.91. The molecular weight excluding hydrogens is 211 g/mol. The van der Waals surface area contributed by atoms with Gasteiger partial charge in [-0.2, -0.15) is 18.2 Å². The third-order valence-electron chi connectivity index (χ3n) is 1.85. The van der Waals surface area contributed by atoms with Crippen molar-refractivity contribution in [3.05, 3.63) is 12.0 Å². The molecule has 0 unspecified atom stereocenters. The van der Waals surface area contributed by atoms with Gasteiger partial charge in [-0.3, -0.25) is 0 Å². The number of fused-ring (bicyclic) bond motifs is 1. The maximum atomic E-state index is 12.5. The van der Waals surface area contributed by atoms with E-state index in [4.69, 9.17) is 5.73 Å². The Morgan fingerprint density at radius 3 is 2.60 bits per heavy atom. The Balaban J connectivity index is 2.84. The summed E-state index contributed by atoms with van der Waals surface area (Å²) in [5.74, 6) is -0.418. The fourth-order valence-corrected chi connectivity index (χ4v) is 1.22. The van der Waals surface area contributed by atoms with Crippen LogP contribution in [0, 0.1) is 0 Å². The fraction of sp³-hybridized carbons (Fsp3) is 0.286. The summed E-state index contributed by atoms with van der Waals surface area (Å²) in [6.45, 7) is 0. The monoisotopic (exact) mass is 217 g/mol. The Labute approximate surface area is 81.8 Å². The second kappa shape index (κ2) is 2.81. The summed E-state index contributed by atoms with van der Waals surface area (Å²) >= 11 is 0. The number of hydrogen-bond donors (Lipinski definition) is 1. The van der Waals surface area contributed by atoms with Gasteiger partial charge >= 0.3 is 6.18 Å². The third-order valence-corrected chi connectivity index (χ3v) is 1.85. The van der Waals surface area contributed by atoms with E-state index < -0.39 is 17.8 Å². The number of aromatic nitrogens is 4. The number of rotatable bonds is 0. The smallest absolute Gasteiger partial charge is 0.368 e. The molecular formula is C7H6F3N5. The maximum absolute atomic E-state index is 12.5. The average Bonchev–Trinajstić information content (AvgIpc) is 2.45. The molecule has 15 heavy (non-hydrogen) atoms. The molecule has 2 N–H and O–H groups in total. The number of nitrogens with two attached hydrogens (primary N) is 1. The molecule has 0 aliphatic carbocycles. The van der Waals surface area contributed by atoms with Crippen LogP contribution in [0.1, 0.15) is 5.69 Å². The van der Waals surface area contributed by atoms with Gasteiger partial charge in [-0.15, -0.1) is 0 Å². The van der Waals surface area contributed by atoms with Crippen molar-refractivity contribution in [3.63, 3.8) is 0 Å². The van der Waals surface area contributed by atoms with Gasteiger partial charge in [0.05, 0.1) is 6.33 Å². The zero-order valence-electron chi connectivity index (χ0n) is 7.58. The molecule has 0 aliphatic heterocycles. The van der Waals surface area contributed by atoms with Crippen LogP contribution in [0.2, 0.25) is 0 Å². The Bertz CT molecular complexity index is 515. The lowest BCUT2D eigenvalue weighted by molar-refractivity contribution is -0.139. The first-order valence-electron chi connectivity index (χ1n) is 3.91. The van der Waals surface area contributed by atoms with E-state index in [-0.39, 0.29) is 11.2 Å². The van der Waals surface area contributed by atoms with Crippen molar-refractivity contribution in [1.29, 1.82) is 0 Å². The maximum Gasteiger partial charge on any atom is 0.435 e. The van der Waals surface area contributed by atoms with Crippen molar-refractivity contribution >= 4 is 17.1 Å². The molecule has 0 saturated carbocycles. The molecule has 0 spiro atoms. The normalized spacial score (nSPS) is 12.3. The van der Waals surface area contributed by atoms with Crippen LogP contribution < -0.4 is 5.73 Å². The highest BCUT2D eigenvalue weighted by Crippen LogP contribution is 2.32. The lowest BCUT2D eigenvalue weighted by Crippen LogP contribution is -2.12. The van der Waals surface area contributed by atoms with E-state index in [0.717, 1.165) is 0 Å². The molecule has 5 nitrogen and oxygen atoms in total. The SMILES string of the molecule is Cn1cnc2c(C(F)(F)F)nc(N)nc21. The number of nitrogen functional groups attached to an aromatic ring is 1. The molecule has 2 aromatic heterocycles. The highest BCUT2D eigenvalue weighted by molar-refractivity contribution is 5.75. The van der Waals surface area contributed by atoms with Crippen LogP contribution in [-0.4, -0.2) is 19.5 Å². The van der Waals surface area contributed by atoms with Crippen molar-refractivity contribution in [2.75, 3.05) is 5.73 Å². The highest BCUT2D eigenvalue weighted by atomic mass is 19.4. The van der Waals surface area contributed by atoms with Crippen LogP contribution in [0.4, 0.5) is 19.1 Å². The molecule has 0 aliphatic rings. The molecule has 2 aromatic rings. The Kier molecular flexibility index (Phi) is 1.82. The average molecular weight is 217 g/mol. The molecule has 0 bridgehead atoms. The van der Waals surface area contributed by atoms with Crippen molar-refractivity contribution in [2.45, 2.75) is 6.18 Å². The van der Waals surface area contributed by atoms with Crippen molar-refractivity contribution in [3.8, 4) is 0 Å². The molecule has 0 aromatic carbocycles. The predicted octanol–water partition coefficient (Wildman–Crippen LogP) is 0.964. The standard InChI is InChI=1S/C7H6F3N5/c1-15-2-12-3-4(7(8,9)10)13-6(11)14-5(3)15/h2H,1H3,(H2,11,13,14). The van der Waals surface area contributed by atoms with Gasteiger partial charge in [0, 0.05) is 7.05 Å². The number of nitrogens with zero attached hydrogens (tertiary/aromatic N) is 4. The Hall–Kier alpha value is -1.86. The molecule has 2 rings (SSSR count). The van der Waals surface area contributed by atoms with E-state index in [1.807, 2.05) is 0 Å². The molecule has 8 heteroatoms. The summed E-state index contributed by atoms with van der Waals surface area (Å²) < 4.78 is 38.9. The van der Waals surface area contributed by atoms with Gasteiger partial charge in [0.25, 0.3) is 0 Å². The Morgan fingerprint density at radius 2 is 2.00 bits per heavy atom. The van der Waals surface area contributed by atoms with Gasteiger partial charge in [0.15, 0.2) is 11.3 Å². The third kappa shape index (κ3) is 1.47. The van der Waals surface area contributed by atoms with Crippen LogP contribution in [0.25, 0.3) is 11.2 Å². The number of alkyl halides is 3. The van der Waals surface area contributed by atoms with Crippen LogP contribution in [0.3, 0.4) is 0 Å². The van der Waals surface area contributed by atoms with E-state index in [0.29, 0.717) is 0 Å². The lowest BCUT2D eigenvalue weighted by Gasteiger charge is -2.06. The number of halogens is 3. The van der Waals surface area contributed by atoms with Crippen molar-refractivity contribution in [1.82, 2.24) is 19.5 Å². The molecule has 0 amide bonds. The van der Waals surface area contributed by atoms with Gasteiger partial charge in [0.2, 0.25) is 5.95 Å². The van der Waals surface area contributed by atoms with E-state index in [1.165, 1.54) is 17.9 Å². The number of imidazole rings is 1. The predicted molar refractivity (Wildman–Crippen MR) is 45.7 cm³/mol. The number of anilines is 1. The second-order valence-corrected chi connectivity index (χ2v) is 2.96.